The van der Waals surface area contributed by atoms with Crippen molar-refractivity contribution in [2.45, 2.75) is 52.1 Å². The molecule has 2 nitrogen and oxygen atoms in total. The summed E-state index contributed by atoms with van der Waals surface area (Å²) < 4.78 is 14.1. The number of nitrogens with zero attached hydrogens (tertiary/aromatic N) is 1. The van der Waals surface area contributed by atoms with E-state index in [1.165, 1.54) is 12.8 Å². The van der Waals surface area contributed by atoms with Crippen molar-refractivity contribution in [3.63, 3.8) is 0 Å². The third-order valence-corrected chi connectivity index (χ3v) is 4.00. The smallest absolute Gasteiger partial charge is 0.128 e. The molecule has 2 rings (SSSR count). The Morgan fingerprint density at radius 1 is 1.37 bits per heavy atom. The van der Waals surface area contributed by atoms with Crippen molar-refractivity contribution in [3.05, 3.63) is 29.6 Å². The van der Waals surface area contributed by atoms with Crippen LogP contribution in [-0.2, 0) is 6.42 Å². The maximum atomic E-state index is 14.1. The third kappa shape index (κ3) is 3.08. The van der Waals surface area contributed by atoms with Gasteiger partial charge in [0.1, 0.15) is 5.82 Å². The fourth-order valence-electron chi connectivity index (χ4n) is 3.13. The zero-order chi connectivity index (χ0) is 14.0. The molecule has 1 fully saturated rings. The van der Waals surface area contributed by atoms with Crippen molar-refractivity contribution in [2.75, 3.05) is 11.4 Å². The lowest BCUT2D eigenvalue weighted by Gasteiger charge is -2.32. The van der Waals surface area contributed by atoms with Gasteiger partial charge in [-0.3, -0.25) is 0 Å². The van der Waals surface area contributed by atoms with Gasteiger partial charge in [-0.1, -0.05) is 19.9 Å². The quantitative estimate of drug-likeness (QED) is 0.903. The van der Waals surface area contributed by atoms with Gasteiger partial charge in [0.2, 0.25) is 0 Å². The van der Waals surface area contributed by atoms with Crippen molar-refractivity contribution < 1.29 is 4.39 Å². The second-order valence-electron chi connectivity index (χ2n) is 6.07. The van der Waals surface area contributed by atoms with Gasteiger partial charge >= 0.3 is 0 Å². The van der Waals surface area contributed by atoms with Crippen molar-refractivity contribution in [3.8, 4) is 0 Å². The van der Waals surface area contributed by atoms with Crippen molar-refractivity contribution in [2.24, 2.45) is 11.7 Å². The molecule has 0 aromatic heterocycles. The van der Waals surface area contributed by atoms with Gasteiger partial charge in [0, 0.05) is 29.9 Å². The number of halogens is 1. The molecular formula is C16H25FN2. The second-order valence-corrected chi connectivity index (χ2v) is 6.07. The first kappa shape index (κ1) is 14.3. The van der Waals surface area contributed by atoms with Crippen LogP contribution in [-0.4, -0.2) is 18.6 Å². The van der Waals surface area contributed by atoms with Crippen LogP contribution in [0.1, 0.15) is 39.2 Å². The number of rotatable bonds is 4. The Balaban J connectivity index is 2.35. The SMILES string of the molecule is CC(N)Cc1c(F)cccc1N1CCCC1C(C)C. The molecule has 0 radical (unpaired) electrons. The molecule has 106 valence electrons. The van der Waals surface area contributed by atoms with E-state index in [9.17, 15) is 4.39 Å². The van der Waals surface area contributed by atoms with E-state index in [4.69, 9.17) is 5.73 Å². The Morgan fingerprint density at radius 2 is 2.11 bits per heavy atom. The Hall–Kier alpha value is -1.09. The van der Waals surface area contributed by atoms with Crippen LogP contribution < -0.4 is 10.6 Å². The number of anilines is 1. The number of hydrogen-bond acceptors (Lipinski definition) is 2. The van der Waals surface area contributed by atoms with E-state index in [1.807, 2.05) is 19.1 Å². The predicted octanol–water partition coefficient (Wildman–Crippen LogP) is 3.34. The molecule has 1 aliphatic heterocycles. The first-order valence-corrected chi connectivity index (χ1v) is 7.30. The minimum absolute atomic E-state index is 0.0178. The van der Waals surface area contributed by atoms with E-state index in [1.54, 1.807) is 6.07 Å². The van der Waals surface area contributed by atoms with Crippen molar-refractivity contribution >= 4 is 5.69 Å². The van der Waals surface area contributed by atoms with Crippen LogP contribution in [0.15, 0.2) is 18.2 Å². The fourth-order valence-corrected chi connectivity index (χ4v) is 3.13. The molecule has 1 aromatic rings. The monoisotopic (exact) mass is 264 g/mol. The highest BCUT2D eigenvalue weighted by molar-refractivity contribution is 5.56. The summed E-state index contributed by atoms with van der Waals surface area (Å²) in [7, 11) is 0. The van der Waals surface area contributed by atoms with Gasteiger partial charge < -0.3 is 10.6 Å². The second kappa shape index (κ2) is 5.91. The van der Waals surface area contributed by atoms with Gasteiger partial charge in [-0.15, -0.1) is 0 Å². The maximum Gasteiger partial charge on any atom is 0.128 e. The van der Waals surface area contributed by atoms with Crippen LogP contribution in [0.5, 0.6) is 0 Å². The van der Waals surface area contributed by atoms with E-state index in [0.717, 1.165) is 17.8 Å². The van der Waals surface area contributed by atoms with E-state index in [2.05, 4.69) is 18.7 Å². The minimum Gasteiger partial charge on any atom is -0.368 e. The third-order valence-electron chi connectivity index (χ3n) is 4.00. The molecule has 2 unspecified atom stereocenters. The Kier molecular flexibility index (Phi) is 4.46. The lowest BCUT2D eigenvalue weighted by Crippen LogP contribution is -2.34. The summed E-state index contributed by atoms with van der Waals surface area (Å²) in [5, 5.41) is 0. The molecule has 0 aliphatic carbocycles. The number of hydrogen-bond donors (Lipinski definition) is 1. The van der Waals surface area contributed by atoms with Crippen LogP contribution in [0.25, 0.3) is 0 Å². The van der Waals surface area contributed by atoms with Gasteiger partial charge in [-0.2, -0.15) is 0 Å². The molecule has 0 bridgehead atoms. The minimum atomic E-state index is -0.121. The summed E-state index contributed by atoms with van der Waals surface area (Å²) in [6.07, 6.45) is 2.99. The van der Waals surface area contributed by atoms with E-state index < -0.39 is 0 Å². The highest BCUT2D eigenvalue weighted by Crippen LogP contribution is 2.33. The molecule has 1 aliphatic rings. The lowest BCUT2D eigenvalue weighted by molar-refractivity contribution is 0.489. The summed E-state index contributed by atoms with van der Waals surface area (Å²) in [4.78, 5) is 2.38. The zero-order valence-corrected chi connectivity index (χ0v) is 12.2. The molecule has 1 aromatic carbocycles. The Morgan fingerprint density at radius 3 is 2.74 bits per heavy atom. The molecule has 3 heteroatoms. The summed E-state index contributed by atoms with van der Waals surface area (Å²) >= 11 is 0. The van der Waals surface area contributed by atoms with Crippen LogP contribution >= 0.6 is 0 Å². The van der Waals surface area contributed by atoms with Gasteiger partial charge in [0.25, 0.3) is 0 Å². The molecule has 1 saturated heterocycles. The summed E-state index contributed by atoms with van der Waals surface area (Å²) in [6.45, 7) is 7.44. The molecule has 2 atom stereocenters. The van der Waals surface area contributed by atoms with Crippen molar-refractivity contribution in [1.82, 2.24) is 0 Å². The Labute approximate surface area is 115 Å². The lowest BCUT2D eigenvalue weighted by atomic mass is 9.99. The number of benzene rings is 1. The van der Waals surface area contributed by atoms with E-state index in [-0.39, 0.29) is 11.9 Å². The highest BCUT2D eigenvalue weighted by Gasteiger charge is 2.29. The van der Waals surface area contributed by atoms with Crippen LogP contribution in [0.2, 0.25) is 0 Å². The van der Waals surface area contributed by atoms with Gasteiger partial charge in [-0.25, -0.2) is 4.39 Å². The molecule has 0 saturated carbocycles. The van der Waals surface area contributed by atoms with Gasteiger partial charge in [-0.05, 0) is 44.2 Å². The van der Waals surface area contributed by atoms with Crippen LogP contribution in [0.3, 0.4) is 0 Å². The molecule has 0 amide bonds. The van der Waals surface area contributed by atoms with E-state index in [0.29, 0.717) is 18.4 Å². The fraction of sp³-hybridized carbons (Fsp3) is 0.625. The molecule has 0 spiro atoms. The first-order valence-electron chi connectivity index (χ1n) is 7.30. The van der Waals surface area contributed by atoms with Crippen molar-refractivity contribution in [1.29, 1.82) is 0 Å². The summed E-state index contributed by atoms with van der Waals surface area (Å²) in [5.74, 6) is 0.470. The molecular weight excluding hydrogens is 239 g/mol. The number of nitrogens with two attached hydrogens (primary N) is 1. The highest BCUT2D eigenvalue weighted by atomic mass is 19.1. The van der Waals surface area contributed by atoms with Gasteiger partial charge in [0.15, 0.2) is 0 Å². The zero-order valence-electron chi connectivity index (χ0n) is 12.2. The normalized spacial score (nSPS) is 21.2. The first-order chi connectivity index (χ1) is 9.00. The van der Waals surface area contributed by atoms with E-state index >= 15 is 0 Å². The molecule has 19 heavy (non-hydrogen) atoms. The largest absolute Gasteiger partial charge is 0.368 e. The van der Waals surface area contributed by atoms with Crippen LogP contribution in [0.4, 0.5) is 10.1 Å². The Bertz CT molecular complexity index is 429. The standard InChI is InChI=1S/C16H25FN2/c1-11(2)15-8-5-9-19(15)16-7-4-6-14(17)13(16)10-12(3)18/h4,6-7,11-12,15H,5,8-10,18H2,1-3H3. The topological polar surface area (TPSA) is 29.3 Å². The summed E-state index contributed by atoms with van der Waals surface area (Å²) in [5.41, 5.74) is 7.70. The average molecular weight is 264 g/mol. The van der Waals surface area contributed by atoms with Crippen LogP contribution in [0, 0.1) is 11.7 Å². The predicted molar refractivity (Wildman–Crippen MR) is 79.0 cm³/mol. The summed E-state index contributed by atoms with van der Waals surface area (Å²) in [6, 6.07) is 5.90. The maximum absolute atomic E-state index is 14.1. The average Bonchev–Trinajstić information content (AvgIpc) is 2.80. The molecule has 1 heterocycles. The molecule has 2 N–H and O–H groups in total. The van der Waals surface area contributed by atoms with Gasteiger partial charge in [0.05, 0.1) is 0 Å².